The van der Waals surface area contributed by atoms with Gasteiger partial charge in [0.2, 0.25) is 5.88 Å². The summed E-state index contributed by atoms with van der Waals surface area (Å²) < 4.78 is 17.7. The zero-order chi connectivity index (χ0) is 23.2. The van der Waals surface area contributed by atoms with Crippen LogP contribution in [-0.2, 0) is 11.3 Å². The Hall–Kier alpha value is -4.84. The maximum absolute atomic E-state index is 13.2. The summed E-state index contributed by atoms with van der Waals surface area (Å²) in [6, 6.07) is 17.1. The fourth-order valence-electron chi connectivity index (χ4n) is 3.06. The van der Waals surface area contributed by atoms with Crippen LogP contribution in [0.4, 0.5) is 0 Å². The standard InChI is InChI=1S/C24H18N4O5/c1-31-19-8-2-3-9-20(19)33-23-18(24(30)28-11-5-4-10-21(28)27-23)13-16(14-25)22(29)26-15-17-7-6-12-32-17/h2-13H,15H2,1H3,(H,26,29)/b16-13+. The number of para-hydroxylation sites is 2. The summed E-state index contributed by atoms with van der Waals surface area (Å²) >= 11 is 0. The molecule has 1 aromatic carbocycles. The molecule has 0 aliphatic carbocycles. The van der Waals surface area contributed by atoms with Crippen molar-refractivity contribution in [3.05, 3.63) is 94.3 Å². The summed E-state index contributed by atoms with van der Waals surface area (Å²) in [5.74, 6) is 0.534. The number of ether oxygens (including phenoxy) is 2. The molecule has 33 heavy (non-hydrogen) atoms. The Morgan fingerprint density at radius 3 is 2.70 bits per heavy atom. The number of hydrogen-bond donors (Lipinski definition) is 1. The maximum Gasteiger partial charge on any atom is 0.269 e. The molecule has 0 bridgehead atoms. The number of nitrogens with one attached hydrogen (secondary N) is 1. The van der Waals surface area contributed by atoms with Gasteiger partial charge in [-0.3, -0.25) is 14.0 Å². The Morgan fingerprint density at radius 2 is 1.97 bits per heavy atom. The van der Waals surface area contributed by atoms with Gasteiger partial charge < -0.3 is 19.2 Å². The SMILES string of the molecule is COc1ccccc1Oc1nc2ccccn2c(=O)c1/C=C(\C#N)C(=O)NCc1ccco1. The number of benzene rings is 1. The van der Waals surface area contributed by atoms with E-state index in [2.05, 4.69) is 10.3 Å². The minimum Gasteiger partial charge on any atom is -0.493 e. The van der Waals surface area contributed by atoms with Crippen molar-refractivity contribution in [1.82, 2.24) is 14.7 Å². The van der Waals surface area contributed by atoms with Crippen molar-refractivity contribution in [2.24, 2.45) is 0 Å². The van der Waals surface area contributed by atoms with Crippen molar-refractivity contribution < 1.29 is 18.7 Å². The number of carbonyl (C=O) groups is 1. The van der Waals surface area contributed by atoms with Gasteiger partial charge in [0.1, 0.15) is 28.6 Å². The quantitative estimate of drug-likeness (QED) is 0.344. The number of carbonyl (C=O) groups excluding carboxylic acids is 1. The number of hydrogen-bond acceptors (Lipinski definition) is 7. The van der Waals surface area contributed by atoms with Crippen LogP contribution in [0.1, 0.15) is 11.3 Å². The molecular formula is C24H18N4O5. The molecule has 164 valence electrons. The Labute approximate surface area is 188 Å². The van der Waals surface area contributed by atoms with E-state index in [9.17, 15) is 14.9 Å². The molecule has 0 aliphatic heterocycles. The molecule has 0 atom stereocenters. The first kappa shape index (κ1) is 21.4. The summed E-state index contributed by atoms with van der Waals surface area (Å²) in [7, 11) is 1.49. The number of nitrogens with zero attached hydrogens (tertiary/aromatic N) is 3. The van der Waals surface area contributed by atoms with E-state index < -0.39 is 11.5 Å². The number of aromatic nitrogens is 2. The monoisotopic (exact) mass is 442 g/mol. The molecule has 0 saturated heterocycles. The van der Waals surface area contributed by atoms with Gasteiger partial charge in [-0.15, -0.1) is 0 Å². The average Bonchev–Trinajstić information content (AvgIpc) is 3.37. The van der Waals surface area contributed by atoms with Gasteiger partial charge in [-0.05, 0) is 42.5 Å². The van der Waals surface area contributed by atoms with Gasteiger partial charge in [-0.2, -0.15) is 10.2 Å². The van der Waals surface area contributed by atoms with E-state index in [-0.39, 0.29) is 23.6 Å². The van der Waals surface area contributed by atoms with Crippen LogP contribution in [0.25, 0.3) is 11.7 Å². The van der Waals surface area contributed by atoms with E-state index >= 15 is 0 Å². The lowest BCUT2D eigenvalue weighted by Crippen LogP contribution is -2.24. The third kappa shape index (κ3) is 4.60. The minimum atomic E-state index is -0.672. The van der Waals surface area contributed by atoms with Gasteiger partial charge in [-0.1, -0.05) is 18.2 Å². The van der Waals surface area contributed by atoms with Crippen molar-refractivity contribution in [2.45, 2.75) is 6.54 Å². The predicted octanol–water partition coefficient (Wildman–Crippen LogP) is 3.31. The molecule has 4 aromatic rings. The summed E-state index contributed by atoms with van der Waals surface area (Å²) in [6.07, 6.45) is 4.18. The van der Waals surface area contributed by atoms with Crippen LogP contribution < -0.4 is 20.3 Å². The Kier molecular flexibility index (Phi) is 6.18. The number of methoxy groups -OCH3 is 1. The van der Waals surface area contributed by atoms with Crippen LogP contribution in [0.15, 0.2) is 81.8 Å². The van der Waals surface area contributed by atoms with Crippen LogP contribution in [0.3, 0.4) is 0 Å². The Bertz CT molecular complexity index is 1430. The summed E-state index contributed by atoms with van der Waals surface area (Å²) in [5.41, 5.74) is -0.516. The number of amides is 1. The van der Waals surface area contributed by atoms with Crippen LogP contribution in [0.5, 0.6) is 17.4 Å². The molecule has 9 nitrogen and oxygen atoms in total. The molecule has 4 rings (SSSR count). The van der Waals surface area contributed by atoms with Gasteiger partial charge >= 0.3 is 0 Å². The normalized spacial score (nSPS) is 11.1. The third-order valence-electron chi connectivity index (χ3n) is 4.67. The molecular weight excluding hydrogens is 424 g/mol. The molecule has 0 radical (unpaired) electrons. The first-order valence-electron chi connectivity index (χ1n) is 9.85. The molecule has 3 aromatic heterocycles. The van der Waals surface area contributed by atoms with Crippen molar-refractivity contribution >= 4 is 17.6 Å². The fourth-order valence-corrected chi connectivity index (χ4v) is 3.06. The zero-order valence-corrected chi connectivity index (χ0v) is 17.5. The largest absolute Gasteiger partial charge is 0.493 e. The predicted molar refractivity (Wildman–Crippen MR) is 119 cm³/mol. The molecule has 0 aliphatic rings. The van der Waals surface area contributed by atoms with E-state index in [1.54, 1.807) is 54.6 Å². The minimum absolute atomic E-state index is 0.0608. The van der Waals surface area contributed by atoms with Crippen molar-refractivity contribution in [2.75, 3.05) is 7.11 Å². The van der Waals surface area contributed by atoms with Gasteiger partial charge in [0.05, 0.1) is 19.9 Å². The molecule has 3 heterocycles. The molecule has 0 spiro atoms. The first-order valence-corrected chi connectivity index (χ1v) is 9.85. The number of rotatable bonds is 7. The number of pyridine rings is 1. The van der Waals surface area contributed by atoms with Gasteiger partial charge in [0, 0.05) is 6.20 Å². The molecule has 0 unspecified atom stereocenters. The van der Waals surface area contributed by atoms with E-state index in [0.717, 1.165) is 6.08 Å². The second kappa shape index (κ2) is 9.53. The van der Waals surface area contributed by atoms with E-state index in [0.29, 0.717) is 22.9 Å². The highest BCUT2D eigenvalue weighted by molar-refractivity contribution is 6.01. The van der Waals surface area contributed by atoms with Crippen molar-refractivity contribution in [3.8, 4) is 23.4 Å². The molecule has 0 saturated carbocycles. The summed E-state index contributed by atoms with van der Waals surface area (Å²) in [4.78, 5) is 30.2. The van der Waals surface area contributed by atoms with Crippen LogP contribution >= 0.6 is 0 Å². The van der Waals surface area contributed by atoms with Gasteiger partial charge in [0.25, 0.3) is 11.5 Å². The average molecular weight is 442 g/mol. The smallest absolute Gasteiger partial charge is 0.269 e. The zero-order valence-electron chi connectivity index (χ0n) is 17.5. The van der Waals surface area contributed by atoms with Crippen molar-refractivity contribution in [3.63, 3.8) is 0 Å². The Morgan fingerprint density at radius 1 is 1.18 bits per heavy atom. The molecule has 0 fully saturated rings. The molecule has 1 amide bonds. The Balaban J connectivity index is 1.78. The lowest BCUT2D eigenvalue weighted by Gasteiger charge is -2.12. The topological polar surface area (TPSA) is 119 Å². The van der Waals surface area contributed by atoms with Crippen LogP contribution in [0.2, 0.25) is 0 Å². The number of furan rings is 1. The highest BCUT2D eigenvalue weighted by atomic mass is 16.5. The highest BCUT2D eigenvalue weighted by Gasteiger charge is 2.18. The third-order valence-corrected chi connectivity index (χ3v) is 4.67. The van der Waals surface area contributed by atoms with Gasteiger partial charge in [0.15, 0.2) is 11.5 Å². The maximum atomic E-state index is 13.2. The fraction of sp³-hybridized carbons (Fsp3) is 0.0833. The lowest BCUT2D eigenvalue weighted by atomic mass is 10.1. The second-order valence-corrected chi connectivity index (χ2v) is 6.75. The highest BCUT2D eigenvalue weighted by Crippen LogP contribution is 2.31. The van der Waals surface area contributed by atoms with Crippen LogP contribution in [0, 0.1) is 11.3 Å². The first-order chi connectivity index (χ1) is 16.1. The molecule has 9 heteroatoms. The second-order valence-electron chi connectivity index (χ2n) is 6.75. The van der Waals surface area contributed by atoms with Gasteiger partial charge in [-0.25, -0.2) is 0 Å². The van der Waals surface area contributed by atoms with E-state index in [4.69, 9.17) is 13.9 Å². The van der Waals surface area contributed by atoms with Crippen LogP contribution in [-0.4, -0.2) is 22.4 Å². The lowest BCUT2D eigenvalue weighted by molar-refractivity contribution is -0.117. The summed E-state index contributed by atoms with van der Waals surface area (Å²) in [6.45, 7) is 0.0877. The van der Waals surface area contributed by atoms with Crippen molar-refractivity contribution in [1.29, 1.82) is 5.26 Å². The number of nitriles is 1. The number of fused-ring (bicyclic) bond motifs is 1. The van der Waals surface area contributed by atoms with E-state index in [1.807, 2.05) is 6.07 Å². The summed E-state index contributed by atoms with van der Waals surface area (Å²) in [5, 5.41) is 12.2. The van der Waals surface area contributed by atoms with E-state index in [1.165, 1.54) is 24.0 Å². The molecule has 1 N–H and O–H groups in total.